The first-order valence-electron chi connectivity index (χ1n) is 4.79. The van der Waals surface area contributed by atoms with Gasteiger partial charge in [-0.25, -0.2) is 4.79 Å². The van der Waals surface area contributed by atoms with Crippen molar-refractivity contribution in [2.24, 2.45) is 5.92 Å². The van der Waals surface area contributed by atoms with Crippen LogP contribution in [0.2, 0.25) is 0 Å². The maximum atomic E-state index is 11.3. The lowest BCUT2D eigenvalue weighted by molar-refractivity contribution is -0.137. The van der Waals surface area contributed by atoms with Gasteiger partial charge in [0, 0.05) is 26.6 Å². The highest BCUT2D eigenvalue weighted by Crippen LogP contribution is 1.99. The average Bonchev–Trinajstić information content (AvgIpc) is 2.13. The first-order valence-corrected chi connectivity index (χ1v) is 4.79. The normalized spacial score (nSPS) is 11.9. The van der Waals surface area contributed by atoms with E-state index in [2.05, 4.69) is 5.32 Å². The number of carbonyl (C=O) groups excluding carboxylic acids is 1. The first kappa shape index (κ1) is 13.7. The molecule has 2 amide bonds. The third-order valence-corrected chi connectivity index (χ3v) is 1.91. The Morgan fingerprint density at radius 3 is 2.53 bits per heavy atom. The van der Waals surface area contributed by atoms with Crippen molar-refractivity contribution in [1.29, 1.82) is 0 Å². The van der Waals surface area contributed by atoms with Crippen LogP contribution >= 0.6 is 0 Å². The fraction of sp³-hybridized carbons (Fsp3) is 0.778. The lowest BCUT2D eigenvalue weighted by atomic mass is 10.1. The third kappa shape index (κ3) is 6.73. The minimum Gasteiger partial charge on any atom is -0.481 e. The Labute approximate surface area is 88.9 Å². The number of hydrogen-bond acceptors (Lipinski definition) is 3. The van der Waals surface area contributed by atoms with Gasteiger partial charge in [0.2, 0.25) is 0 Å². The number of likely N-dealkylation sites (N-methyl/N-ethyl adjacent to an activating group) is 1. The van der Waals surface area contributed by atoms with Crippen molar-refractivity contribution in [3.63, 3.8) is 0 Å². The van der Waals surface area contributed by atoms with Crippen LogP contribution in [0.1, 0.15) is 13.3 Å². The van der Waals surface area contributed by atoms with Gasteiger partial charge in [0.1, 0.15) is 0 Å². The van der Waals surface area contributed by atoms with Crippen molar-refractivity contribution in [2.45, 2.75) is 13.3 Å². The standard InChI is InChI=1S/C9H18N2O4/c1-7(5-8(13)14)6-10-9(15)11(2)3-4-12/h7,12H,3-6H2,1-2H3,(H,10,15)(H,13,14). The number of nitrogens with zero attached hydrogens (tertiary/aromatic N) is 1. The van der Waals surface area contributed by atoms with Crippen molar-refractivity contribution in [3.05, 3.63) is 0 Å². The molecule has 0 spiro atoms. The molecule has 6 heteroatoms. The molecule has 1 unspecified atom stereocenters. The van der Waals surface area contributed by atoms with Gasteiger partial charge in [0.15, 0.2) is 0 Å². The molecule has 1 atom stereocenters. The molecule has 0 aromatic rings. The van der Waals surface area contributed by atoms with Crippen LogP contribution in [0.5, 0.6) is 0 Å². The molecule has 0 aromatic carbocycles. The Hall–Kier alpha value is -1.30. The van der Waals surface area contributed by atoms with Gasteiger partial charge >= 0.3 is 12.0 Å². The summed E-state index contributed by atoms with van der Waals surface area (Å²) >= 11 is 0. The van der Waals surface area contributed by atoms with E-state index in [4.69, 9.17) is 10.2 Å². The molecule has 0 heterocycles. The van der Waals surface area contributed by atoms with E-state index >= 15 is 0 Å². The van der Waals surface area contributed by atoms with E-state index in [1.807, 2.05) is 0 Å². The molecule has 6 nitrogen and oxygen atoms in total. The van der Waals surface area contributed by atoms with E-state index in [9.17, 15) is 9.59 Å². The summed E-state index contributed by atoms with van der Waals surface area (Å²) < 4.78 is 0. The van der Waals surface area contributed by atoms with Crippen molar-refractivity contribution in [2.75, 3.05) is 26.7 Å². The number of rotatable bonds is 6. The second-order valence-electron chi connectivity index (χ2n) is 3.53. The highest BCUT2D eigenvalue weighted by Gasteiger charge is 2.11. The molecule has 0 aliphatic rings. The summed E-state index contributed by atoms with van der Waals surface area (Å²) in [5, 5.41) is 19.7. The van der Waals surface area contributed by atoms with E-state index in [-0.39, 0.29) is 31.5 Å². The van der Waals surface area contributed by atoms with Crippen molar-refractivity contribution < 1.29 is 19.8 Å². The van der Waals surface area contributed by atoms with Crippen LogP contribution in [0.15, 0.2) is 0 Å². The minimum atomic E-state index is -0.875. The molecule has 0 saturated carbocycles. The summed E-state index contributed by atoms with van der Waals surface area (Å²) in [5.74, 6) is -0.977. The zero-order chi connectivity index (χ0) is 11.8. The van der Waals surface area contributed by atoms with Crippen LogP contribution < -0.4 is 5.32 Å². The molecule has 88 valence electrons. The molecular weight excluding hydrogens is 200 g/mol. The van der Waals surface area contributed by atoms with E-state index in [0.717, 1.165) is 0 Å². The maximum Gasteiger partial charge on any atom is 0.317 e. The number of nitrogens with one attached hydrogen (secondary N) is 1. The predicted octanol–water partition coefficient (Wildman–Crippen LogP) is -0.269. The van der Waals surface area contributed by atoms with Crippen LogP contribution in [0.3, 0.4) is 0 Å². The van der Waals surface area contributed by atoms with Crippen LogP contribution in [0.25, 0.3) is 0 Å². The smallest absolute Gasteiger partial charge is 0.317 e. The Kier molecular flexibility index (Phi) is 6.44. The van der Waals surface area contributed by atoms with E-state index in [1.54, 1.807) is 14.0 Å². The first-order chi connectivity index (χ1) is 6.97. The molecule has 3 N–H and O–H groups in total. The van der Waals surface area contributed by atoms with Gasteiger partial charge in [-0.2, -0.15) is 0 Å². The monoisotopic (exact) mass is 218 g/mol. The summed E-state index contributed by atoms with van der Waals surface area (Å²) in [6, 6.07) is -0.304. The lowest BCUT2D eigenvalue weighted by Crippen LogP contribution is -2.40. The zero-order valence-electron chi connectivity index (χ0n) is 9.06. The molecule has 0 radical (unpaired) electrons. The number of hydrogen-bond donors (Lipinski definition) is 3. The van der Waals surface area contributed by atoms with Gasteiger partial charge in [-0.15, -0.1) is 0 Å². The summed E-state index contributed by atoms with van der Waals surface area (Å²) in [6.07, 6.45) is 0.0317. The predicted molar refractivity (Wildman–Crippen MR) is 54.5 cm³/mol. The Morgan fingerprint density at radius 2 is 2.07 bits per heavy atom. The fourth-order valence-corrected chi connectivity index (χ4v) is 1.02. The number of carbonyl (C=O) groups is 2. The molecule has 0 saturated heterocycles. The molecule has 0 aliphatic carbocycles. The van der Waals surface area contributed by atoms with Crippen molar-refractivity contribution in [3.8, 4) is 0 Å². The number of amides is 2. The summed E-state index contributed by atoms with van der Waals surface area (Å²) in [6.45, 7) is 2.25. The highest BCUT2D eigenvalue weighted by molar-refractivity contribution is 5.74. The van der Waals surface area contributed by atoms with Crippen molar-refractivity contribution in [1.82, 2.24) is 10.2 Å². The van der Waals surface area contributed by atoms with Gasteiger partial charge in [-0.3, -0.25) is 4.79 Å². The average molecular weight is 218 g/mol. The van der Waals surface area contributed by atoms with Crippen LogP contribution in [0.4, 0.5) is 4.79 Å². The molecule has 0 fully saturated rings. The van der Waals surface area contributed by atoms with Crippen LogP contribution in [0, 0.1) is 5.92 Å². The fourth-order valence-electron chi connectivity index (χ4n) is 1.02. The molecule has 0 aromatic heterocycles. The number of carboxylic acid groups (broad SMARTS) is 1. The quantitative estimate of drug-likeness (QED) is 0.572. The SMILES string of the molecule is CC(CNC(=O)N(C)CCO)CC(=O)O. The number of urea groups is 1. The largest absolute Gasteiger partial charge is 0.481 e. The second-order valence-corrected chi connectivity index (χ2v) is 3.53. The van der Waals surface area contributed by atoms with E-state index in [0.29, 0.717) is 6.54 Å². The summed E-state index contributed by atoms with van der Waals surface area (Å²) in [4.78, 5) is 23.0. The van der Waals surface area contributed by atoms with Gasteiger partial charge in [-0.1, -0.05) is 6.92 Å². The van der Waals surface area contributed by atoms with Gasteiger partial charge in [0.05, 0.1) is 6.61 Å². The third-order valence-electron chi connectivity index (χ3n) is 1.91. The topological polar surface area (TPSA) is 89.9 Å². The summed E-state index contributed by atoms with van der Waals surface area (Å²) in [7, 11) is 1.56. The molecule has 0 aliphatic heterocycles. The maximum absolute atomic E-state index is 11.3. The summed E-state index contributed by atoms with van der Waals surface area (Å²) in [5.41, 5.74) is 0. The van der Waals surface area contributed by atoms with Crippen LogP contribution in [-0.4, -0.2) is 53.9 Å². The van der Waals surface area contributed by atoms with Crippen LogP contribution in [-0.2, 0) is 4.79 Å². The second kappa shape index (κ2) is 7.05. The molecule has 0 bridgehead atoms. The molecule has 0 rings (SSSR count). The minimum absolute atomic E-state index is 0.0317. The molecular formula is C9H18N2O4. The Morgan fingerprint density at radius 1 is 1.47 bits per heavy atom. The number of aliphatic carboxylic acids is 1. The number of aliphatic hydroxyl groups is 1. The highest BCUT2D eigenvalue weighted by atomic mass is 16.4. The van der Waals surface area contributed by atoms with Crippen molar-refractivity contribution >= 4 is 12.0 Å². The van der Waals surface area contributed by atoms with E-state index < -0.39 is 5.97 Å². The Balaban J connectivity index is 3.74. The van der Waals surface area contributed by atoms with Gasteiger partial charge in [0.25, 0.3) is 0 Å². The number of aliphatic hydroxyl groups excluding tert-OH is 1. The Bertz CT molecular complexity index is 220. The zero-order valence-corrected chi connectivity index (χ0v) is 9.06. The van der Waals surface area contributed by atoms with Gasteiger partial charge < -0.3 is 20.4 Å². The lowest BCUT2D eigenvalue weighted by Gasteiger charge is -2.18. The van der Waals surface area contributed by atoms with Gasteiger partial charge in [-0.05, 0) is 5.92 Å². The molecule has 15 heavy (non-hydrogen) atoms. The number of carboxylic acids is 1. The van der Waals surface area contributed by atoms with E-state index in [1.165, 1.54) is 4.90 Å².